The largest absolute Gasteiger partial charge is 0.489 e. The number of likely N-dealkylation sites (tertiary alicyclic amines) is 1. The van der Waals surface area contributed by atoms with Crippen LogP contribution >= 0.6 is 0 Å². The highest BCUT2D eigenvalue weighted by molar-refractivity contribution is 5.84. The van der Waals surface area contributed by atoms with Crippen LogP contribution in [0.5, 0.6) is 5.75 Å². The number of amides is 1. The van der Waals surface area contributed by atoms with Crippen molar-refractivity contribution in [2.75, 3.05) is 26.2 Å². The number of hydrogen-bond acceptors (Lipinski definition) is 4. The second-order valence-corrected chi connectivity index (χ2v) is 7.74. The fourth-order valence-corrected chi connectivity index (χ4v) is 4.49. The zero-order chi connectivity index (χ0) is 18.5. The van der Waals surface area contributed by atoms with Gasteiger partial charge < -0.3 is 10.1 Å². The highest BCUT2D eigenvalue weighted by Gasteiger charge is 2.30. The van der Waals surface area contributed by atoms with Crippen molar-refractivity contribution in [3.8, 4) is 5.75 Å². The standard InChI is InChI=1S/C22H29N3O2/c26-22(18-8-5-14-25(16-18)19-9-1-2-10-19)24-13-15-27-20-11-3-6-17-7-4-12-23-21(17)20/h3-4,6-7,11-12,18-19H,1-2,5,8-10,13-16H2,(H,24,26)/t18-/m1/s1. The van der Waals surface area contributed by atoms with Gasteiger partial charge in [0.25, 0.3) is 0 Å². The molecule has 0 unspecified atom stereocenters. The summed E-state index contributed by atoms with van der Waals surface area (Å²) < 4.78 is 5.87. The molecule has 1 atom stereocenters. The number of para-hydroxylation sites is 1. The van der Waals surface area contributed by atoms with E-state index in [0.717, 1.165) is 42.6 Å². The molecular formula is C22H29N3O2. The minimum Gasteiger partial charge on any atom is -0.489 e. The lowest BCUT2D eigenvalue weighted by molar-refractivity contribution is -0.127. The number of carbonyl (C=O) groups is 1. The Hall–Kier alpha value is -2.14. The van der Waals surface area contributed by atoms with Crippen LogP contribution < -0.4 is 10.1 Å². The normalized spacial score (nSPS) is 21.4. The van der Waals surface area contributed by atoms with E-state index in [1.807, 2.05) is 30.3 Å². The van der Waals surface area contributed by atoms with E-state index in [1.165, 1.54) is 25.7 Å². The van der Waals surface area contributed by atoms with E-state index in [0.29, 0.717) is 19.2 Å². The molecular weight excluding hydrogens is 338 g/mol. The quantitative estimate of drug-likeness (QED) is 0.795. The van der Waals surface area contributed by atoms with Crippen LogP contribution in [0.4, 0.5) is 0 Å². The molecule has 0 spiro atoms. The van der Waals surface area contributed by atoms with Crippen LogP contribution in [0.1, 0.15) is 38.5 Å². The first-order valence-electron chi connectivity index (χ1n) is 10.3. The van der Waals surface area contributed by atoms with Crippen molar-refractivity contribution in [1.82, 2.24) is 15.2 Å². The smallest absolute Gasteiger partial charge is 0.224 e. The summed E-state index contributed by atoms with van der Waals surface area (Å²) in [6, 6.07) is 10.6. The van der Waals surface area contributed by atoms with E-state index < -0.39 is 0 Å². The van der Waals surface area contributed by atoms with E-state index in [2.05, 4.69) is 15.2 Å². The van der Waals surface area contributed by atoms with Gasteiger partial charge in [0, 0.05) is 24.2 Å². The Morgan fingerprint density at radius 1 is 1.15 bits per heavy atom. The van der Waals surface area contributed by atoms with Crippen molar-refractivity contribution in [2.24, 2.45) is 5.92 Å². The Bertz CT molecular complexity index is 768. The molecule has 2 heterocycles. The molecule has 5 heteroatoms. The number of hydrogen-bond donors (Lipinski definition) is 1. The topological polar surface area (TPSA) is 54.5 Å². The maximum Gasteiger partial charge on any atom is 0.224 e. The van der Waals surface area contributed by atoms with E-state index in [-0.39, 0.29) is 11.8 Å². The fraction of sp³-hybridized carbons (Fsp3) is 0.545. The van der Waals surface area contributed by atoms with Gasteiger partial charge in [-0.2, -0.15) is 0 Å². The molecule has 1 amide bonds. The molecule has 27 heavy (non-hydrogen) atoms. The van der Waals surface area contributed by atoms with E-state index >= 15 is 0 Å². The number of rotatable bonds is 6. The van der Waals surface area contributed by atoms with Crippen molar-refractivity contribution in [3.63, 3.8) is 0 Å². The SMILES string of the molecule is O=C(NCCOc1cccc2cccnc12)[C@@H]1CCCN(C2CCCC2)C1. The molecule has 1 saturated heterocycles. The number of carbonyl (C=O) groups excluding carboxylic acids is 1. The Kier molecular flexibility index (Phi) is 5.87. The molecule has 2 fully saturated rings. The zero-order valence-electron chi connectivity index (χ0n) is 15.9. The second-order valence-electron chi connectivity index (χ2n) is 7.74. The van der Waals surface area contributed by atoms with Crippen molar-refractivity contribution in [3.05, 3.63) is 36.5 Å². The van der Waals surface area contributed by atoms with Gasteiger partial charge in [-0.05, 0) is 44.4 Å². The Labute approximate surface area is 161 Å². The summed E-state index contributed by atoms with van der Waals surface area (Å²) in [6.07, 6.45) is 9.21. The molecule has 2 aliphatic rings. The molecule has 1 aliphatic carbocycles. The third-order valence-corrected chi connectivity index (χ3v) is 5.92. The number of fused-ring (bicyclic) bond motifs is 1. The number of benzene rings is 1. The molecule has 144 valence electrons. The van der Waals surface area contributed by atoms with Crippen LogP contribution in [-0.4, -0.2) is 48.1 Å². The highest BCUT2D eigenvalue weighted by atomic mass is 16.5. The van der Waals surface area contributed by atoms with E-state index in [4.69, 9.17) is 4.74 Å². The molecule has 0 bridgehead atoms. The van der Waals surface area contributed by atoms with Gasteiger partial charge >= 0.3 is 0 Å². The van der Waals surface area contributed by atoms with Gasteiger partial charge in [-0.1, -0.05) is 31.0 Å². The molecule has 1 aromatic carbocycles. The highest BCUT2D eigenvalue weighted by Crippen LogP contribution is 2.28. The van der Waals surface area contributed by atoms with Crippen LogP contribution in [0.3, 0.4) is 0 Å². The average molecular weight is 367 g/mol. The summed E-state index contributed by atoms with van der Waals surface area (Å²) in [5.74, 6) is 1.07. The lowest BCUT2D eigenvalue weighted by atomic mass is 9.95. The van der Waals surface area contributed by atoms with Crippen molar-refractivity contribution in [1.29, 1.82) is 0 Å². The van der Waals surface area contributed by atoms with Crippen LogP contribution in [0.15, 0.2) is 36.5 Å². The summed E-state index contributed by atoms with van der Waals surface area (Å²) in [7, 11) is 0. The monoisotopic (exact) mass is 367 g/mol. The van der Waals surface area contributed by atoms with Gasteiger partial charge in [0.15, 0.2) is 0 Å². The molecule has 1 aromatic heterocycles. The fourth-order valence-electron chi connectivity index (χ4n) is 4.49. The maximum atomic E-state index is 12.6. The molecule has 0 radical (unpaired) electrons. The number of piperidine rings is 1. The lowest BCUT2D eigenvalue weighted by Crippen LogP contribution is -2.46. The first-order chi connectivity index (χ1) is 13.3. The number of aromatic nitrogens is 1. The van der Waals surface area contributed by atoms with Gasteiger partial charge in [0.05, 0.1) is 12.5 Å². The van der Waals surface area contributed by atoms with E-state index in [1.54, 1.807) is 6.20 Å². The average Bonchev–Trinajstić information content (AvgIpc) is 3.26. The van der Waals surface area contributed by atoms with Crippen molar-refractivity contribution >= 4 is 16.8 Å². The molecule has 1 N–H and O–H groups in total. The number of nitrogens with one attached hydrogen (secondary N) is 1. The summed E-state index contributed by atoms with van der Waals surface area (Å²) in [5.41, 5.74) is 0.866. The van der Waals surface area contributed by atoms with Crippen LogP contribution in [0.2, 0.25) is 0 Å². The van der Waals surface area contributed by atoms with Gasteiger partial charge in [0.1, 0.15) is 17.9 Å². The van der Waals surface area contributed by atoms with Crippen molar-refractivity contribution in [2.45, 2.75) is 44.6 Å². The summed E-state index contributed by atoms with van der Waals surface area (Å²) >= 11 is 0. The van der Waals surface area contributed by atoms with Gasteiger partial charge in [-0.3, -0.25) is 14.7 Å². The lowest BCUT2D eigenvalue weighted by Gasteiger charge is -2.36. The maximum absolute atomic E-state index is 12.6. The molecule has 1 saturated carbocycles. The second kappa shape index (κ2) is 8.70. The van der Waals surface area contributed by atoms with Gasteiger partial charge in [0.2, 0.25) is 5.91 Å². The predicted molar refractivity (Wildman–Crippen MR) is 107 cm³/mol. The first-order valence-corrected chi connectivity index (χ1v) is 10.3. The Morgan fingerprint density at radius 3 is 2.89 bits per heavy atom. The van der Waals surface area contributed by atoms with Crippen molar-refractivity contribution < 1.29 is 9.53 Å². The molecule has 4 rings (SSSR count). The Morgan fingerprint density at radius 2 is 2.00 bits per heavy atom. The van der Waals surface area contributed by atoms with E-state index in [9.17, 15) is 4.79 Å². The summed E-state index contributed by atoms with van der Waals surface area (Å²) in [4.78, 5) is 19.5. The summed E-state index contributed by atoms with van der Waals surface area (Å²) in [6.45, 7) is 3.07. The Balaban J connectivity index is 1.24. The van der Waals surface area contributed by atoms with Crippen LogP contribution in [-0.2, 0) is 4.79 Å². The van der Waals surface area contributed by atoms with Gasteiger partial charge in [-0.25, -0.2) is 0 Å². The molecule has 5 nitrogen and oxygen atoms in total. The molecule has 2 aromatic rings. The number of ether oxygens (including phenoxy) is 1. The third-order valence-electron chi connectivity index (χ3n) is 5.92. The number of nitrogens with zero attached hydrogens (tertiary/aromatic N) is 2. The zero-order valence-corrected chi connectivity index (χ0v) is 15.9. The minimum absolute atomic E-state index is 0.124. The third kappa shape index (κ3) is 4.41. The summed E-state index contributed by atoms with van der Waals surface area (Å²) in [5, 5.41) is 4.13. The van der Waals surface area contributed by atoms with Crippen LogP contribution in [0, 0.1) is 5.92 Å². The number of pyridine rings is 1. The molecule has 1 aliphatic heterocycles. The van der Waals surface area contributed by atoms with Gasteiger partial charge in [-0.15, -0.1) is 0 Å². The minimum atomic E-state index is 0.124. The first kappa shape index (κ1) is 18.2. The van der Waals surface area contributed by atoms with Crippen LogP contribution in [0.25, 0.3) is 10.9 Å². The predicted octanol–water partition coefficient (Wildman–Crippen LogP) is 3.38.